The van der Waals surface area contributed by atoms with Crippen molar-refractivity contribution in [3.05, 3.63) is 47.6 Å². The Morgan fingerprint density at radius 2 is 0.976 bits per heavy atom. The summed E-state index contributed by atoms with van der Waals surface area (Å²) >= 11 is 0. The zero-order valence-corrected chi connectivity index (χ0v) is 28.2. The molecule has 238 valence electrons. The summed E-state index contributed by atoms with van der Waals surface area (Å²) < 4.78 is 0. The number of hydrogen-bond acceptors (Lipinski definition) is 5. The van der Waals surface area contributed by atoms with Crippen LogP contribution in [-0.2, 0) is 4.79 Å². The Bertz CT molecular complexity index is 833. The maximum Gasteiger partial charge on any atom is 0.185 e. The summed E-state index contributed by atoms with van der Waals surface area (Å²) in [6.45, 7) is 11.5. The topological polar surface area (TPSA) is 30.0 Å². The van der Waals surface area contributed by atoms with Crippen LogP contribution in [-0.4, -0.2) is 105 Å². The molecule has 0 amide bonds. The van der Waals surface area contributed by atoms with E-state index in [9.17, 15) is 4.79 Å². The highest BCUT2D eigenvalue weighted by molar-refractivity contribution is 6.11. The molecular formula is C37H64N4O. The van der Waals surface area contributed by atoms with Gasteiger partial charge in [0.05, 0.1) is 0 Å². The second-order valence-electron chi connectivity index (χ2n) is 13.6. The predicted octanol–water partition coefficient (Wildman–Crippen LogP) is 6.98. The van der Waals surface area contributed by atoms with Gasteiger partial charge in [0.25, 0.3) is 0 Å². The number of Topliss-reactive ketones (excluding diaryl/α,β-unsaturated/α-hetero) is 1. The van der Waals surface area contributed by atoms with Crippen LogP contribution in [0, 0.1) is 11.8 Å². The molecular weight excluding hydrogens is 516 g/mol. The zero-order chi connectivity index (χ0) is 30.3. The Morgan fingerprint density at radius 3 is 1.33 bits per heavy atom. The van der Waals surface area contributed by atoms with Crippen LogP contribution >= 0.6 is 0 Å². The van der Waals surface area contributed by atoms with Crippen LogP contribution in [0.1, 0.15) is 90.9 Å². The van der Waals surface area contributed by atoms with Gasteiger partial charge in [-0.25, -0.2) is 0 Å². The van der Waals surface area contributed by atoms with Gasteiger partial charge in [-0.1, -0.05) is 50.3 Å². The van der Waals surface area contributed by atoms with Gasteiger partial charge >= 0.3 is 0 Å². The van der Waals surface area contributed by atoms with Gasteiger partial charge in [0, 0.05) is 23.2 Å². The lowest BCUT2D eigenvalue weighted by atomic mass is 9.85. The first-order valence-corrected chi connectivity index (χ1v) is 17.4. The molecule has 3 fully saturated rings. The number of rotatable bonds is 16. The average Bonchev–Trinajstić information content (AvgIpc) is 3.35. The lowest BCUT2D eigenvalue weighted by Gasteiger charge is -2.34. The molecule has 3 saturated carbocycles. The molecule has 0 aromatic heterocycles. The van der Waals surface area contributed by atoms with Crippen molar-refractivity contribution < 1.29 is 4.79 Å². The SMILES string of the molecule is CCN(C)CCCN(C)C1CCC(C=CC=C2CCC(=CC=CC3CCC(N(C)CCCN(C)CC)CC3)C2=O)CC1. The first kappa shape index (κ1) is 35.0. The minimum atomic E-state index is 0.266. The quantitative estimate of drug-likeness (QED) is 0.184. The Labute approximate surface area is 259 Å². The first-order chi connectivity index (χ1) is 20.3. The zero-order valence-electron chi connectivity index (χ0n) is 28.2. The van der Waals surface area contributed by atoms with Crippen LogP contribution in [0.25, 0.3) is 0 Å². The summed E-state index contributed by atoms with van der Waals surface area (Å²) in [4.78, 5) is 23.0. The van der Waals surface area contributed by atoms with Crippen molar-refractivity contribution in [2.45, 2.75) is 103 Å². The van der Waals surface area contributed by atoms with Crippen LogP contribution < -0.4 is 0 Å². The molecule has 0 aromatic carbocycles. The normalized spacial score (nSPS) is 27.9. The van der Waals surface area contributed by atoms with Gasteiger partial charge in [-0.2, -0.15) is 0 Å². The molecule has 0 aromatic rings. The molecule has 0 spiro atoms. The Kier molecular flexibility index (Phi) is 15.8. The van der Waals surface area contributed by atoms with Crippen LogP contribution in [0.15, 0.2) is 47.6 Å². The third kappa shape index (κ3) is 11.9. The summed E-state index contributed by atoms with van der Waals surface area (Å²) in [6.07, 6.45) is 27.8. The fourth-order valence-corrected chi connectivity index (χ4v) is 7.01. The summed E-state index contributed by atoms with van der Waals surface area (Å²) in [7, 11) is 9.04. The molecule has 0 bridgehead atoms. The van der Waals surface area contributed by atoms with Gasteiger partial charge in [0.2, 0.25) is 0 Å². The van der Waals surface area contributed by atoms with Crippen LogP contribution in [0.3, 0.4) is 0 Å². The minimum absolute atomic E-state index is 0.266. The van der Waals surface area contributed by atoms with E-state index in [2.05, 4.69) is 98.1 Å². The molecule has 0 radical (unpaired) electrons. The number of allylic oxidation sites excluding steroid dienone is 8. The van der Waals surface area contributed by atoms with Gasteiger partial charge in [0.1, 0.15) is 0 Å². The van der Waals surface area contributed by atoms with Crippen LogP contribution in [0.2, 0.25) is 0 Å². The molecule has 0 heterocycles. The average molecular weight is 581 g/mol. The molecule has 3 aliphatic rings. The third-order valence-corrected chi connectivity index (χ3v) is 10.5. The van der Waals surface area contributed by atoms with E-state index in [-0.39, 0.29) is 5.78 Å². The lowest BCUT2D eigenvalue weighted by molar-refractivity contribution is -0.111. The van der Waals surface area contributed by atoms with E-state index in [1.807, 2.05) is 0 Å². The fraction of sp³-hybridized carbons (Fsp3) is 0.757. The van der Waals surface area contributed by atoms with Gasteiger partial charge in [-0.15, -0.1) is 0 Å². The summed E-state index contributed by atoms with van der Waals surface area (Å²) in [5.74, 6) is 1.58. The highest BCUT2D eigenvalue weighted by atomic mass is 16.1. The van der Waals surface area contributed by atoms with Crippen molar-refractivity contribution in [1.29, 1.82) is 0 Å². The maximum absolute atomic E-state index is 13.0. The Balaban J connectivity index is 1.34. The number of hydrogen-bond donors (Lipinski definition) is 0. The smallest absolute Gasteiger partial charge is 0.185 e. The van der Waals surface area contributed by atoms with Gasteiger partial charge < -0.3 is 19.6 Å². The van der Waals surface area contributed by atoms with Crippen molar-refractivity contribution in [2.24, 2.45) is 11.8 Å². The molecule has 3 rings (SSSR count). The third-order valence-electron chi connectivity index (χ3n) is 10.5. The van der Waals surface area contributed by atoms with Gasteiger partial charge in [-0.3, -0.25) is 4.79 Å². The van der Waals surface area contributed by atoms with Crippen LogP contribution in [0.5, 0.6) is 0 Å². The maximum atomic E-state index is 13.0. The molecule has 0 N–H and O–H groups in total. The molecule has 0 aliphatic heterocycles. The molecule has 42 heavy (non-hydrogen) atoms. The highest BCUT2D eigenvalue weighted by Gasteiger charge is 2.25. The van der Waals surface area contributed by atoms with E-state index in [1.165, 1.54) is 90.4 Å². The molecule has 5 nitrogen and oxygen atoms in total. The largest absolute Gasteiger partial charge is 0.307 e. The summed E-state index contributed by atoms with van der Waals surface area (Å²) in [5, 5.41) is 0. The van der Waals surface area contributed by atoms with E-state index in [4.69, 9.17) is 0 Å². The second-order valence-corrected chi connectivity index (χ2v) is 13.6. The summed E-state index contributed by atoms with van der Waals surface area (Å²) in [5.41, 5.74) is 1.98. The summed E-state index contributed by atoms with van der Waals surface area (Å²) in [6, 6.07) is 1.47. The van der Waals surface area contributed by atoms with E-state index in [0.717, 1.165) is 49.2 Å². The predicted molar refractivity (Wildman–Crippen MR) is 181 cm³/mol. The van der Waals surface area contributed by atoms with E-state index in [0.29, 0.717) is 11.8 Å². The standard InChI is InChI=1S/C37H64N4O/c1-7-38(3)27-11-29-40(5)35-23-17-31(18-24-35)13-9-15-33-21-22-34(37(33)42)16-10-14-32-19-25-36(26-20-32)41(6)30-12-28-39(4)8-2/h9-10,13-16,31-32,35-36H,7-8,11-12,17-30H2,1-6H3. The molecule has 0 atom stereocenters. The fourth-order valence-electron chi connectivity index (χ4n) is 7.01. The Hall–Kier alpha value is -1.53. The lowest BCUT2D eigenvalue weighted by Crippen LogP contribution is -2.36. The van der Waals surface area contributed by atoms with Gasteiger partial charge in [0.15, 0.2) is 5.78 Å². The molecule has 5 heteroatoms. The highest BCUT2D eigenvalue weighted by Crippen LogP contribution is 2.31. The number of carbonyl (C=O) groups excluding carboxylic acids is 1. The van der Waals surface area contributed by atoms with Gasteiger partial charge in [-0.05, 0) is 156 Å². The first-order valence-electron chi connectivity index (χ1n) is 17.4. The monoisotopic (exact) mass is 581 g/mol. The minimum Gasteiger partial charge on any atom is -0.307 e. The number of carbonyl (C=O) groups is 1. The van der Waals surface area contributed by atoms with Crippen molar-refractivity contribution in [3.8, 4) is 0 Å². The van der Waals surface area contributed by atoms with Crippen molar-refractivity contribution >= 4 is 5.78 Å². The molecule has 3 aliphatic carbocycles. The van der Waals surface area contributed by atoms with E-state index < -0.39 is 0 Å². The number of ketones is 1. The van der Waals surface area contributed by atoms with Crippen LogP contribution in [0.4, 0.5) is 0 Å². The Morgan fingerprint density at radius 1 is 0.595 bits per heavy atom. The van der Waals surface area contributed by atoms with Crippen molar-refractivity contribution in [1.82, 2.24) is 19.6 Å². The van der Waals surface area contributed by atoms with Crippen molar-refractivity contribution in [2.75, 3.05) is 67.5 Å². The molecule has 0 saturated heterocycles. The molecule has 0 unspecified atom stereocenters. The van der Waals surface area contributed by atoms with E-state index in [1.54, 1.807) is 0 Å². The van der Waals surface area contributed by atoms with E-state index >= 15 is 0 Å². The van der Waals surface area contributed by atoms with Crippen molar-refractivity contribution in [3.63, 3.8) is 0 Å². The second kappa shape index (κ2) is 19.0. The number of nitrogens with zero attached hydrogens (tertiary/aromatic N) is 4.